The number of amides is 1. The highest BCUT2D eigenvalue weighted by molar-refractivity contribution is 5.79. The van der Waals surface area contributed by atoms with Gasteiger partial charge in [-0.15, -0.1) is 0 Å². The minimum Gasteiger partial charge on any atom is -0.460 e. The van der Waals surface area contributed by atoms with Crippen LogP contribution in [0.2, 0.25) is 0 Å². The van der Waals surface area contributed by atoms with Crippen molar-refractivity contribution in [3.63, 3.8) is 0 Å². The smallest absolute Gasteiger partial charge is 0.407 e. The molecular weight excluding hydrogens is 514 g/mol. The number of fused-ring (bicyclic) bond motifs is 3. The number of hydrogen-bond donors (Lipinski definition) is 1. The Morgan fingerprint density at radius 1 is 0.756 bits per heavy atom. The van der Waals surface area contributed by atoms with Crippen molar-refractivity contribution in [1.29, 1.82) is 0 Å². The lowest BCUT2D eigenvalue weighted by Gasteiger charge is -2.19. The molecule has 0 aromatic heterocycles. The fraction of sp³-hybridized carbons (Fsp3) is 0.235. The highest BCUT2D eigenvalue weighted by atomic mass is 16.6. The summed E-state index contributed by atoms with van der Waals surface area (Å²) in [7, 11) is 0. The topological polar surface area (TPSA) is 89.4 Å². The van der Waals surface area contributed by atoms with Crippen LogP contribution < -0.4 is 5.32 Å². The van der Waals surface area contributed by atoms with E-state index in [0.29, 0.717) is 17.9 Å². The quantitative estimate of drug-likeness (QED) is 0.179. The molecule has 5 rings (SSSR count). The van der Waals surface area contributed by atoms with Crippen LogP contribution in [-0.4, -0.2) is 24.3 Å². The molecule has 0 radical (unpaired) electrons. The van der Waals surface area contributed by atoms with E-state index in [-0.39, 0.29) is 24.9 Å². The molecule has 0 heterocycles. The molecule has 1 aliphatic rings. The number of rotatable bonds is 8. The van der Waals surface area contributed by atoms with Gasteiger partial charge in [0.05, 0.1) is 17.8 Å². The summed E-state index contributed by atoms with van der Waals surface area (Å²) in [5.74, 6) is -0.275. The van der Waals surface area contributed by atoms with Crippen molar-refractivity contribution in [2.24, 2.45) is 10.2 Å². The predicted molar refractivity (Wildman–Crippen MR) is 159 cm³/mol. The first kappa shape index (κ1) is 27.8. The largest absolute Gasteiger partial charge is 0.460 e. The average molecular weight is 548 g/mol. The third kappa shape index (κ3) is 7.25. The Hall–Kier alpha value is -4.78. The van der Waals surface area contributed by atoms with E-state index in [0.717, 1.165) is 11.1 Å². The summed E-state index contributed by atoms with van der Waals surface area (Å²) in [4.78, 5) is 24.7. The summed E-state index contributed by atoms with van der Waals surface area (Å²) in [6.45, 7) is 6.09. The van der Waals surface area contributed by atoms with E-state index in [1.807, 2.05) is 93.6 Å². The lowest BCUT2D eigenvalue weighted by molar-refractivity contribution is -0.153. The molecule has 0 atom stereocenters. The number of azo groups is 1. The molecule has 4 aromatic carbocycles. The van der Waals surface area contributed by atoms with Crippen molar-refractivity contribution in [2.75, 3.05) is 6.61 Å². The van der Waals surface area contributed by atoms with Crippen LogP contribution in [0.5, 0.6) is 0 Å². The van der Waals surface area contributed by atoms with Gasteiger partial charge in [-0.25, -0.2) is 4.79 Å². The van der Waals surface area contributed by atoms with Crippen LogP contribution in [-0.2, 0) is 27.2 Å². The second-order valence-electron chi connectivity index (χ2n) is 11.0. The summed E-state index contributed by atoms with van der Waals surface area (Å²) in [5, 5.41) is 11.5. The van der Waals surface area contributed by atoms with E-state index < -0.39 is 11.7 Å². The Balaban J connectivity index is 1.15. The third-order valence-electron chi connectivity index (χ3n) is 6.65. The molecule has 41 heavy (non-hydrogen) atoms. The average Bonchev–Trinajstić information content (AvgIpc) is 3.27. The van der Waals surface area contributed by atoms with E-state index in [1.165, 1.54) is 22.3 Å². The molecule has 1 N–H and O–H groups in total. The van der Waals surface area contributed by atoms with Crippen LogP contribution in [0.3, 0.4) is 0 Å². The Bertz CT molecular complexity index is 1540. The second-order valence-corrected chi connectivity index (χ2v) is 11.0. The summed E-state index contributed by atoms with van der Waals surface area (Å²) < 4.78 is 11.0. The number of benzene rings is 4. The Kier molecular flexibility index (Phi) is 8.24. The van der Waals surface area contributed by atoms with Crippen LogP contribution in [0.15, 0.2) is 107 Å². The molecule has 0 aliphatic heterocycles. The van der Waals surface area contributed by atoms with Gasteiger partial charge in [0.25, 0.3) is 0 Å². The van der Waals surface area contributed by atoms with Crippen LogP contribution in [0.25, 0.3) is 11.1 Å². The van der Waals surface area contributed by atoms with Crippen molar-refractivity contribution in [1.82, 2.24) is 5.32 Å². The van der Waals surface area contributed by atoms with E-state index in [4.69, 9.17) is 9.47 Å². The summed E-state index contributed by atoms with van der Waals surface area (Å²) in [6, 6.07) is 31.3. The predicted octanol–water partition coefficient (Wildman–Crippen LogP) is 8.02. The molecule has 208 valence electrons. The summed E-state index contributed by atoms with van der Waals surface area (Å²) in [6.07, 6.45) is -0.307. The zero-order valence-corrected chi connectivity index (χ0v) is 23.5. The highest BCUT2D eigenvalue weighted by Crippen LogP contribution is 2.44. The zero-order valence-electron chi connectivity index (χ0n) is 23.5. The first-order valence-corrected chi connectivity index (χ1v) is 13.7. The van der Waals surface area contributed by atoms with Gasteiger partial charge in [0.15, 0.2) is 0 Å². The van der Waals surface area contributed by atoms with Gasteiger partial charge < -0.3 is 14.8 Å². The van der Waals surface area contributed by atoms with Crippen LogP contribution in [0, 0.1) is 0 Å². The number of esters is 1. The van der Waals surface area contributed by atoms with Gasteiger partial charge in [-0.3, -0.25) is 4.79 Å². The number of alkyl carbamates (subject to hydrolysis) is 1. The number of ether oxygens (including phenoxy) is 2. The number of carbonyl (C=O) groups excluding carboxylic acids is 2. The summed E-state index contributed by atoms with van der Waals surface area (Å²) >= 11 is 0. The lowest BCUT2D eigenvalue weighted by atomic mass is 9.98. The number of hydrogen-bond acceptors (Lipinski definition) is 6. The minimum atomic E-state index is -0.528. The SMILES string of the molecule is CC(C)(C)OC(=O)Cc1cccc(N=Nc2cccc(CNC(=O)OCC3c4ccccc4-c4ccccc43)c2)c1. The van der Waals surface area contributed by atoms with Gasteiger partial charge in [-0.2, -0.15) is 10.2 Å². The Morgan fingerprint density at radius 2 is 1.32 bits per heavy atom. The molecule has 0 saturated heterocycles. The maximum absolute atomic E-state index is 12.6. The first-order valence-electron chi connectivity index (χ1n) is 13.7. The Morgan fingerprint density at radius 3 is 1.93 bits per heavy atom. The van der Waals surface area contributed by atoms with Crippen LogP contribution in [0.4, 0.5) is 16.2 Å². The molecule has 0 saturated carbocycles. The zero-order chi connectivity index (χ0) is 28.8. The molecule has 1 amide bonds. The van der Waals surface area contributed by atoms with Gasteiger partial charge in [0, 0.05) is 12.5 Å². The van der Waals surface area contributed by atoms with E-state index >= 15 is 0 Å². The molecule has 7 nitrogen and oxygen atoms in total. The van der Waals surface area contributed by atoms with Crippen LogP contribution in [0.1, 0.15) is 48.9 Å². The van der Waals surface area contributed by atoms with Crippen molar-refractivity contribution in [3.05, 3.63) is 119 Å². The minimum absolute atomic E-state index is 0.0135. The van der Waals surface area contributed by atoms with Gasteiger partial charge in [0.2, 0.25) is 0 Å². The molecular formula is C34H33N3O4. The van der Waals surface area contributed by atoms with Crippen molar-refractivity contribution in [2.45, 2.75) is 45.3 Å². The number of nitrogens with one attached hydrogen (secondary N) is 1. The van der Waals surface area contributed by atoms with Gasteiger partial charge in [-0.05, 0) is 78.4 Å². The molecule has 0 bridgehead atoms. The van der Waals surface area contributed by atoms with E-state index in [2.05, 4.69) is 39.8 Å². The molecule has 7 heteroatoms. The standard InChI is InChI=1S/C34H33N3O4/c1-34(2,3)41-32(38)20-23-10-8-12-25(18-23)36-37-26-13-9-11-24(19-26)21-35-33(39)40-22-31-29-16-6-4-14-27(29)28-15-5-7-17-30(28)31/h4-19,31H,20-22H2,1-3H3,(H,35,39). The van der Waals surface area contributed by atoms with Gasteiger partial charge in [-0.1, -0.05) is 72.8 Å². The maximum atomic E-state index is 12.6. The molecule has 0 fully saturated rings. The van der Waals surface area contributed by atoms with Gasteiger partial charge in [0.1, 0.15) is 12.2 Å². The van der Waals surface area contributed by atoms with Crippen LogP contribution >= 0.6 is 0 Å². The van der Waals surface area contributed by atoms with E-state index in [1.54, 1.807) is 0 Å². The highest BCUT2D eigenvalue weighted by Gasteiger charge is 2.29. The fourth-order valence-electron chi connectivity index (χ4n) is 4.94. The fourth-order valence-corrected chi connectivity index (χ4v) is 4.94. The summed E-state index contributed by atoms with van der Waals surface area (Å²) in [5.41, 5.74) is 7.16. The number of carbonyl (C=O) groups is 2. The van der Waals surface area contributed by atoms with Crippen molar-refractivity contribution < 1.29 is 19.1 Å². The van der Waals surface area contributed by atoms with Crippen molar-refractivity contribution >= 4 is 23.4 Å². The Labute approximate surface area is 240 Å². The second kappa shape index (κ2) is 12.2. The van der Waals surface area contributed by atoms with Gasteiger partial charge >= 0.3 is 12.1 Å². The first-order chi connectivity index (χ1) is 19.7. The number of nitrogens with zero attached hydrogens (tertiary/aromatic N) is 2. The molecule has 0 spiro atoms. The molecule has 1 aliphatic carbocycles. The van der Waals surface area contributed by atoms with E-state index in [9.17, 15) is 9.59 Å². The third-order valence-corrected chi connectivity index (χ3v) is 6.65. The normalized spacial score (nSPS) is 12.6. The lowest BCUT2D eigenvalue weighted by Crippen LogP contribution is -2.25. The molecule has 0 unspecified atom stereocenters. The monoisotopic (exact) mass is 547 g/mol. The molecule has 4 aromatic rings. The maximum Gasteiger partial charge on any atom is 0.407 e. The van der Waals surface area contributed by atoms with Crippen molar-refractivity contribution in [3.8, 4) is 11.1 Å².